The summed E-state index contributed by atoms with van der Waals surface area (Å²) in [5.41, 5.74) is 0.564. The van der Waals surface area contributed by atoms with Crippen LogP contribution in [0.15, 0.2) is 35.3 Å². The van der Waals surface area contributed by atoms with E-state index in [1.165, 1.54) is 10.5 Å². The van der Waals surface area contributed by atoms with Crippen LogP contribution in [0.3, 0.4) is 0 Å². The van der Waals surface area contributed by atoms with Gasteiger partial charge in [-0.1, -0.05) is 37.3 Å². The molecule has 0 spiro atoms. The molecule has 0 radical (unpaired) electrons. The molecule has 1 saturated heterocycles. The lowest BCUT2D eigenvalue weighted by molar-refractivity contribution is -0.130. The van der Waals surface area contributed by atoms with Gasteiger partial charge in [0, 0.05) is 26.2 Å². The summed E-state index contributed by atoms with van der Waals surface area (Å²) in [5, 5.41) is 9.34. The van der Waals surface area contributed by atoms with Crippen LogP contribution < -0.4 is 16.0 Å². The normalized spacial score (nSPS) is 19.7. The summed E-state index contributed by atoms with van der Waals surface area (Å²) in [6, 6.07) is 10.1. The van der Waals surface area contributed by atoms with Crippen molar-refractivity contribution in [3.05, 3.63) is 35.9 Å². The number of aliphatic imine (C=N–C) groups is 1. The second-order valence-electron chi connectivity index (χ2n) is 7.20. The Morgan fingerprint density at radius 2 is 1.89 bits per heavy atom. The molecule has 0 bridgehead atoms. The Morgan fingerprint density at radius 1 is 1.14 bits per heavy atom. The van der Waals surface area contributed by atoms with Crippen molar-refractivity contribution in [3.63, 3.8) is 0 Å². The number of amides is 3. The Balaban J connectivity index is 1.73. The van der Waals surface area contributed by atoms with Gasteiger partial charge in [-0.05, 0) is 45.1 Å². The summed E-state index contributed by atoms with van der Waals surface area (Å²) in [6.07, 6.45) is 3.27. The van der Waals surface area contributed by atoms with Gasteiger partial charge in [0.25, 0.3) is 5.91 Å². The topological polar surface area (TPSA) is 85.8 Å². The van der Waals surface area contributed by atoms with Gasteiger partial charge in [-0.15, -0.1) is 0 Å². The van der Waals surface area contributed by atoms with E-state index in [9.17, 15) is 9.59 Å². The number of urea groups is 1. The molecular weight excluding hydrogens is 354 g/mol. The zero-order chi connectivity index (χ0) is 20.4. The second kappa shape index (κ2) is 10.7. The zero-order valence-electron chi connectivity index (χ0n) is 17.3. The van der Waals surface area contributed by atoms with Crippen molar-refractivity contribution in [2.45, 2.75) is 52.0 Å². The van der Waals surface area contributed by atoms with Gasteiger partial charge < -0.3 is 16.0 Å². The van der Waals surface area contributed by atoms with Crippen molar-refractivity contribution in [1.82, 2.24) is 20.9 Å². The number of nitrogens with zero attached hydrogens (tertiary/aromatic N) is 2. The third-order valence-electron chi connectivity index (χ3n) is 4.98. The van der Waals surface area contributed by atoms with Crippen molar-refractivity contribution >= 4 is 17.9 Å². The van der Waals surface area contributed by atoms with Crippen LogP contribution >= 0.6 is 0 Å². The fraction of sp³-hybridized carbons (Fsp3) is 0.571. The van der Waals surface area contributed by atoms with Gasteiger partial charge in [0.2, 0.25) is 0 Å². The molecule has 1 aliphatic heterocycles. The lowest BCUT2D eigenvalue weighted by Crippen LogP contribution is -2.43. The first-order valence-corrected chi connectivity index (χ1v) is 10.2. The average Bonchev–Trinajstić information content (AvgIpc) is 2.92. The number of carbonyl (C=O) groups excluding carboxylic acids is 2. The number of benzene rings is 1. The molecule has 1 atom stereocenters. The third kappa shape index (κ3) is 5.97. The first kappa shape index (κ1) is 21.7. The number of imide groups is 1. The zero-order valence-corrected chi connectivity index (χ0v) is 17.3. The summed E-state index contributed by atoms with van der Waals surface area (Å²) in [6.45, 7) is 8.26. The molecular formula is C21H33N5O2. The molecule has 154 valence electrons. The molecule has 7 heteroatoms. The van der Waals surface area contributed by atoms with Crippen LogP contribution in [-0.4, -0.2) is 54.5 Å². The van der Waals surface area contributed by atoms with Gasteiger partial charge in [-0.3, -0.25) is 14.7 Å². The second-order valence-corrected chi connectivity index (χ2v) is 7.20. The van der Waals surface area contributed by atoms with Gasteiger partial charge in [-0.2, -0.15) is 0 Å². The Morgan fingerprint density at radius 3 is 2.54 bits per heavy atom. The van der Waals surface area contributed by atoms with Crippen LogP contribution in [0.25, 0.3) is 0 Å². The molecule has 1 aromatic carbocycles. The van der Waals surface area contributed by atoms with Gasteiger partial charge in [-0.25, -0.2) is 4.79 Å². The number of nitrogens with one attached hydrogen (secondary N) is 3. The smallest absolute Gasteiger partial charge is 0.325 e. The van der Waals surface area contributed by atoms with Crippen LogP contribution in [0.5, 0.6) is 0 Å². The van der Waals surface area contributed by atoms with Crippen LogP contribution in [0, 0.1) is 0 Å². The van der Waals surface area contributed by atoms with Crippen molar-refractivity contribution in [1.29, 1.82) is 0 Å². The minimum atomic E-state index is -0.768. The summed E-state index contributed by atoms with van der Waals surface area (Å²) in [7, 11) is 0. The minimum Gasteiger partial charge on any atom is -0.357 e. The predicted octanol–water partition coefficient (Wildman–Crippen LogP) is 2.28. The van der Waals surface area contributed by atoms with Crippen molar-refractivity contribution in [2.24, 2.45) is 4.99 Å². The quantitative estimate of drug-likeness (QED) is 0.249. The number of hydrogen-bond acceptors (Lipinski definition) is 3. The average molecular weight is 388 g/mol. The minimum absolute atomic E-state index is 0.144. The summed E-state index contributed by atoms with van der Waals surface area (Å²) in [4.78, 5) is 30.2. The van der Waals surface area contributed by atoms with E-state index >= 15 is 0 Å². The first-order chi connectivity index (χ1) is 13.5. The molecule has 1 unspecified atom stereocenters. The Labute approximate surface area is 168 Å². The highest BCUT2D eigenvalue weighted by Crippen LogP contribution is 2.20. The molecule has 1 heterocycles. The molecule has 1 fully saturated rings. The Kier molecular flexibility index (Phi) is 8.29. The van der Waals surface area contributed by atoms with Crippen molar-refractivity contribution in [2.75, 3.05) is 26.2 Å². The molecule has 3 N–H and O–H groups in total. The largest absolute Gasteiger partial charge is 0.357 e. The van der Waals surface area contributed by atoms with E-state index in [0.717, 1.165) is 31.9 Å². The standard InChI is InChI=1S/C21H33N5O2/c1-4-21(3)18(27)26(20(28)25-21)16-10-15-24-19(22-5-2)23-14-9-13-17-11-7-6-8-12-17/h6-8,11-12H,4-5,9-10,13-16H2,1-3H3,(H,25,28)(H2,22,23,24). The van der Waals surface area contributed by atoms with E-state index in [4.69, 9.17) is 0 Å². The third-order valence-corrected chi connectivity index (χ3v) is 4.98. The van der Waals surface area contributed by atoms with Gasteiger partial charge >= 0.3 is 6.03 Å². The Hall–Kier alpha value is -2.57. The maximum Gasteiger partial charge on any atom is 0.325 e. The monoisotopic (exact) mass is 387 g/mol. The van der Waals surface area contributed by atoms with E-state index in [1.54, 1.807) is 6.92 Å². The molecule has 2 rings (SSSR count). The maximum atomic E-state index is 12.4. The molecule has 0 aliphatic carbocycles. The fourth-order valence-electron chi connectivity index (χ4n) is 3.10. The highest BCUT2D eigenvalue weighted by Gasteiger charge is 2.45. The van der Waals surface area contributed by atoms with Crippen molar-refractivity contribution < 1.29 is 9.59 Å². The SMILES string of the molecule is CCNC(=NCCCN1C(=O)NC(C)(CC)C1=O)NCCCc1ccccc1. The number of hydrogen-bond donors (Lipinski definition) is 3. The fourth-order valence-corrected chi connectivity index (χ4v) is 3.10. The molecule has 7 nitrogen and oxygen atoms in total. The predicted molar refractivity (Wildman–Crippen MR) is 112 cm³/mol. The Bertz CT molecular complexity index is 677. The lowest BCUT2D eigenvalue weighted by Gasteiger charge is -2.19. The van der Waals surface area contributed by atoms with Gasteiger partial charge in [0.05, 0.1) is 0 Å². The number of guanidine groups is 1. The molecule has 1 aliphatic rings. The highest BCUT2D eigenvalue weighted by atomic mass is 16.2. The molecule has 0 aromatic heterocycles. The molecule has 28 heavy (non-hydrogen) atoms. The van der Waals surface area contributed by atoms with Gasteiger partial charge in [0.1, 0.15) is 5.54 Å². The van der Waals surface area contributed by atoms with Crippen LogP contribution in [0.1, 0.15) is 45.6 Å². The maximum absolute atomic E-state index is 12.4. The van der Waals surface area contributed by atoms with E-state index in [0.29, 0.717) is 25.9 Å². The summed E-state index contributed by atoms with van der Waals surface area (Å²) < 4.78 is 0. The number of aryl methyl sites for hydroxylation is 1. The van der Waals surface area contributed by atoms with Crippen LogP contribution in [0.2, 0.25) is 0 Å². The van der Waals surface area contributed by atoms with E-state index in [-0.39, 0.29) is 11.9 Å². The molecule has 3 amide bonds. The van der Waals surface area contributed by atoms with Gasteiger partial charge in [0.15, 0.2) is 5.96 Å². The van der Waals surface area contributed by atoms with Crippen LogP contribution in [0.4, 0.5) is 4.79 Å². The lowest BCUT2D eigenvalue weighted by atomic mass is 9.99. The van der Waals surface area contributed by atoms with E-state index < -0.39 is 5.54 Å². The van der Waals surface area contributed by atoms with Crippen molar-refractivity contribution in [3.8, 4) is 0 Å². The number of rotatable bonds is 10. The van der Waals surface area contributed by atoms with E-state index in [2.05, 4.69) is 45.2 Å². The van der Waals surface area contributed by atoms with Crippen LogP contribution in [-0.2, 0) is 11.2 Å². The molecule has 1 aromatic rings. The van der Waals surface area contributed by atoms with E-state index in [1.807, 2.05) is 19.9 Å². The number of carbonyl (C=O) groups is 2. The highest BCUT2D eigenvalue weighted by molar-refractivity contribution is 6.06. The first-order valence-electron chi connectivity index (χ1n) is 10.2. The summed E-state index contributed by atoms with van der Waals surface area (Å²) >= 11 is 0. The molecule has 0 saturated carbocycles. The summed E-state index contributed by atoms with van der Waals surface area (Å²) in [5.74, 6) is 0.626.